The number of nitrogens with zero attached hydrogens (tertiary/aromatic N) is 1. The maximum atomic E-state index is 10.7. The molecule has 0 spiro atoms. The van der Waals surface area contributed by atoms with Crippen LogP contribution in [0.3, 0.4) is 0 Å². The number of hydrogen-bond donors (Lipinski definition) is 1. The van der Waals surface area contributed by atoms with Gasteiger partial charge in [0.25, 0.3) is 0 Å². The molecule has 2 aliphatic carbocycles. The standard InChI is InChI=1S/C11H19NO2/c1-12(9-3-2-4-9)8-11(5-6-11)7-10(13)14/h9H,2-8H2,1H3,(H,13,14). The molecule has 2 fully saturated rings. The molecule has 80 valence electrons. The van der Waals surface area contributed by atoms with Gasteiger partial charge in [0.1, 0.15) is 0 Å². The Morgan fingerprint density at radius 1 is 1.50 bits per heavy atom. The van der Waals surface area contributed by atoms with Crippen LogP contribution < -0.4 is 0 Å². The number of hydrogen-bond acceptors (Lipinski definition) is 2. The highest BCUT2D eigenvalue weighted by Gasteiger charge is 2.46. The zero-order chi connectivity index (χ0) is 10.2. The average Bonchev–Trinajstić information content (AvgIpc) is 2.61. The number of carbonyl (C=O) groups is 1. The van der Waals surface area contributed by atoms with Gasteiger partial charge in [0.05, 0.1) is 6.42 Å². The Labute approximate surface area is 85.1 Å². The molecule has 0 aliphatic heterocycles. The van der Waals surface area contributed by atoms with Crippen molar-refractivity contribution >= 4 is 5.97 Å². The fourth-order valence-corrected chi connectivity index (χ4v) is 2.37. The molecule has 1 N–H and O–H groups in total. The first-order valence-electron chi connectivity index (χ1n) is 5.53. The third-order valence-electron chi connectivity index (χ3n) is 3.77. The van der Waals surface area contributed by atoms with Crippen molar-refractivity contribution in [1.29, 1.82) is 0 Å². The Hall–Kier alpha value is -0.570. The highest BCUT2D eigenvalue weighted by atomic mass is 16.4. The lowest BCUT2D eigenvalue weighted by molar-refractivity contribution is -0.138. The molecule has 0 atom stereocenters. The molecule has 0 aromatic rings. The second kappa shape index (κ2) is 3.54. The third kappa shape index (κ3) is 2.08. The zero-order valence-electron chi connectivity index (χ0n) is 8.83. The highest BCUT2D eigenvalue weighted by Crippen LogP contribution is 2.49. The Bertz CT molecular complexity index is 231. The van der Waals surface area contributed by atoms with E-state index >= 15 is 0 Å². The molecule has 0 unspecified atom stereocenters. The van der Waals surface area contributed by atoms with Crippen molar-refractivity contribution in [2.45, 2.75) is 44.6 Å². The first-order chi connectivity index (χ1) is 6.61. The molecule has 0 radical (unpaired) electrons. The van der Waals surface area contributed by atoms with E-state index < -0.39 is 5.97 Å². The van der Waals surface area contributed by atoms with E-state index in [4.69, 9.17) is 5.11 Å². The van der Waals surface area contributed by atoms with Gasteiger partial charge in [-0.15, -0.1) is 0 Å². The van der Waals surface area contributed by atoms with Crippen molar-refractivity contribution < 1.29 is 9.90 Å². The van der Waals surface area contributed by atoms with Crippen LogP contribution in [0, 0.1) is 5.41 Å². The van der Waals surface area contributed by atoms with Crippen molar-refractivity contribution in [2.24, 2.45) is 5.41 Å². The summed E-state index contributed by atoms with van der Waals surface area (Å²) >= 11 is 0. The van der Waals surface area contributed by atoms with Gasteiger partial charge in [-0.3, -0.25) is 4.79 Å². The Kier molecular flexibility index (Phi) is 2.52. The summed E-state index contributed by atoms with van der Waals surface area (Å²) in [6.07, 6.45) is 6.54. The van der Waals surface area contributed by atoms with Crippen molar-refractivity contribution in [3.8, 4) is 0 Å². The first-order valence-corrected chi connectivity index (χ1v) is 5.53. The maximum Gasteiger partial charge on any atom is 0.303 e. The Balaban J connectivity index is 1.80. The lowest BCUT2D eigenvalue weighted by Gasteiger charge is -2.36. The molecule has 2 saturated carbocycles. The quantitative estimate of drug-likeness (QED) is 0.729. The summed E-state index contributed by atoms with van der Waals surface area (Å²) in [6, 6.07) is 0.737. The molecule has 0 aromatic carbocycles. The monoisotopic (exact) mass is 197 g/mol. The third-order valence-corrected chi connectivity index (χ3v) is 3.77. The van der Waals surface area contributed by atoms with Crippen LogP contribution in [0.15, 0.2) is 0 Å². The van der Waals surface area contributed by atoms with Gasteiger partial charge in [-0.25, -0.2) is 0 Å². The van der Waals surface area contributed by atoms with Gasteiger partial charge in [-0.2, -0.15) is 0 Å². The van der Waals surface area contributed by atoms with E-state index in [-0.39, 0.29) is 5.41 Å². The second-order valence-corrected chi connectivity index (χ2v) is 5.07. The second-order valence-electron chi connectivity index (χ2n) is 5.07. The van der Waals surface area contributed by atoms with Gasteiger partial charge in [0, 0.05) is 12.6 Å². The Morgan fingerprint density at radius 2 is 2.14 bits per heavy atom. The SMILES string of the molecule is CN(CC1(CC(=O)O)CC1)C1CCC1. The molecule has 0 bridgehead atoms. The van der Waals surface area contributed by atoms with Crippen LogP contribution in [0.5, 0.6) is 0 Å². The minimum Gasteiger partial charge on any atom is -0.481 e. The minimum absolute atomic E-state index is 0.135. The van der Waals surface area contributed by atoms with E-state index in [0.717, 1.165) is 25.4 Å². The van der Waals surface area contributed by atoms with Crippen LogP contribution >= 0.6 is 0 Å². The summed E-state index contributed by atoms with van der Waals surface area (Å²) in [5, 5.41) is 8.79. The summed E-state index contributed by atoms with van der Waals surface area (Å²) in [6.45, 7) is 0.990. The van der Waals surface area contributed by atoms with Gasteiger partial charge in [-0.05, 0) is 38.1 Å². The van der Waals surface area contributed by atoms with Crippen LogP contribution in [0.25, 0.3) is 0 Å². The molecule has 2 rings (SSSR count). The lowest BCUT2D eigenvalue weighted by atomic mass is 9.90. The maximum absolute atomic E-state index is 10.7. The molecule has 0 saturated heterocycles. The molecule has 2 aliphatic rings. The smallest absolute Gasteiger partial charge is 0.303 e. The van der Waals surface area contributed by atoms with E-state index in [1.165, 1.54) is 19.3 Å². The largest absolute Gasteiger partial charge is 0.481 e. The van der Waals surface area contributed by atoms with E-state index in [1.54, 1.807) is 0 Å². The molecule has 14 heavy (non-hydrogen) atoms. The van der Waals surface area contributed by atoms with Crippen molar-refractivity contribution in [1.82, 2.24) is 4.90 Å². The van der Waals surface area contributed by atoms with Crippen LogP contribution in [0.1, 0.15) is 38.5 Å². The summed E-state index contributed by atoms with van der Waals surface area (Å²) < 4.78 is 0. The number of carboxylic acid groups (broad SMARTS) is 1. The van der Waals surface area contributed by atoms with Crippen LogP contribution in [-0.2, 0) is 4.79 Å². The summed E-state index contributed by atoms with van der Waals surface area (Å²) in [4.78, 5) is 13.0. The van der Waals surface area contributed by atoms with E-state index in [1.807, 2.05) is 0 Å². The number of rotatable bonds is 5. The zero-order valence-corrected chi connectivity index (χ0v) is 8.83. The van der Waals surface area contributed by atoms with Crippen LogP contribution in [0.2, 0.25) is 0 Å². The molecule has 3 heteroatoms. The molecule has 0 aromatic heterocycles. The van der Waals surface area contributed by atoms with Gasteiger partial charge < -0.3 is 10.0 Å². The first kappa shape index (κ1) is 9.97. The fourth-order valence-electron chi connectivity index (χ4n) is 2.37. The van der Waals surface area contributed by atoms with Gasteiger partial charge >= 0.3 is 5.97 Å². The molecular weight excluding hydrogens is 178 g/mol. The summed E-state index contributed by atoms with van der Waals surface area (Å²) in [7, 11) is 2.14. The summed E-state index contributed by atoms with van der Waals surface area (Å²) in [5.74, 6) is -0.635. The van der Waals surface area contributed by atoms with Crippen molar-refractivity contribution in [3.63, 3.8) is 0 Å². The molecular formula is C11H19NO2. The average molecular weight is 197 g/mol. The number of aliphatic carboxylic acids is 1. The normalized spacial score (nSPS) is 24.7. The van der Waals surface area contributed by atoms with Gasteiger partial charge in [0.2, 0.25) is 0 Å². The Morgan fingerprint density at radius 3 is 2.50 bits per heavy atom. The van der Waals surface area contributed by atoms with E-state index in [2.05, 4.69) is 11.9 Å². The molecule has 3 nitrogen and oxygen atoms in total. The van der Waals surface area contributed by atoms with E-state index in [9.17, 15) is 4.79 Å². The van der Waals surface area contributed by atoms with Crippen molar-refractivity contribution in [3.05, 3.63) is 0 Å². The van der Waals surface area contributed by atoms with E-state index in [0.29, 0.717) is 6.42 Å². The van der Waals surface area contributed by atoms with Crippen molar-refractivity contribution in [2.75, 3.05) is 13.6 Å². The topological polar surface area (TPSA) is 40.5 Å². The predicted molar refractivity (Wildman–Crippen MR) is 54.2 cm³/mol. The van der Waals surface area contributed by atoms with Gasteiger partial charge in [-0.1, -0.05) is 6.42 Å². The fraction of sp³-hybridized carbons (Fsp3) is 0.909. The van der Waals surface area contributed by atoms with Gasteiger partial charge in [0.15, 0.2) is 0 Å². The van der Waals surface area contributed by atoms with Crippen LogP contribution in [-0.4, -0.2) is 35.6 Å². The number of carboxylic acids is 1. The molecule has 0 heterocycles. The molecule has 0 amide bonds. The minimum atomic E-state index is -0.635. The predicted octanol–water partition coefficient (Wildman–Crippen LogP) is 1.73. The van der Waals surface area contributed by atoms with Crippen LogP contribution in [0.4, 0.5) is 0 Å². The highest BCUT2D eigenvalue weighted by molar-refractivity contribution is 5.68. The lowest BCUT2D eigenvalue weighted by Crippen LogP contribution is -2.40. The summed E-state index contributed by atoms with van der Waals surface area (Å²) in [5.41, 5.74) is 0.135.